The number of aliphatic carboxylic acids is 1. The number of rotatable bonds is 6. The Labute approximate surface area is 125 Å². The van der Waals surface area contributed by atoms with Gasteiger partial charge in [-0.3, -0.25) is 9.69 Å². The molecular weight excluding hydrogens is 270 g/mol. The van der Waals surface area contributed by atoms with Gasteiger partial charge in [0.25, 0.3) is 0 Å². The van der Waals surface area contributed by atoms with Crippen molar-refractivity contribution in [1.82, 2.24) is 4.90 Å². The summed E-state index contributed by atoms with van der Waals surface area (Å²) in [6, 6.07) is 9.88. The Morgan fingerprint density at radius 2 is 1.81 bits per heavy atom. The van der Waals surface area contributed by atoms with Crippen LogP contribution in [0, 0.1) is 0 Å². The molecule has 0 aliphatic carbocycles. The van der Waals surface area contributed by atoms with Crippen molar-refractivity contribution in [3.8, 4) is 0 Å². The van der Waals surface area contributed by atoms with E-state index >= 15 is 0 Å². The lowest BCUT2D eigenvalue weighted by Crippen LogP contribution is -2.40. The van der Waals surface area contributed by atoms with E-state index in [0.29, 0.717) is 13.0 Å². The van der Waals surface area contributed by atoms with E-state index in [1.54, 1.807) is 20.8 Å². The van der Waals surface area contributed by atoms with E-state index in [1.807, 2.05) is 30.3 Å². The summed E-state index contributed by atoms with van der Waals surface area (Å²) < 4.78 is 5.23. The molecular formula is C16H23NO4. The normalized spacial score (nSPS) is 11.0. The molecule has 5 nitrogen and oxygen atoms in total. The average molecular weight is 293 g/mol. The topological polar surface area (TPSA) is 66.8 Å². The lowest BCUT2D eigenvalue weighted by molar-refractivity contribution is -0.138. The molecule has 1 rings (SSSR count). The van der Waals surface area contributed by atoms with Crippen molar-refractivity contribution in [2.75, 3.05) is 13.1 Å². The van der Waals surface area contributed by atoms with Crippen LogP contribution in [-0.4, -0.2) is 40.8 Å². The van der Waals surface area contributed by atoms with E-state index < -0.39 is 17.7 Å². The Morgan fingerprint density at radius 1 is 1.19 bits per heavy atom. The predicted octanol–water partition coefficient (Wildman–Crippen LogP) is 2.94. The molecule has 0 saturated heterocycles. The van der Waals surface area contributed by atoms with Crippen molar-refractivity contribution < 1.29 is 19.4 Å². The molecule has 0 bridgehead atoms. The Balaban J connectivity index is 2.53. The lowest BCUT2D eigenvalue weighted by Gasteiger charge is -2.26. The average Bonchev–Trinajstić information content (AvgIpc) is 2.36. The van der Waals surface area contributed by atoms with Gasteiger partial charge in [-0.2, -0.15) is 0 Å². The fourth-order valence-electron chi connectivity index (χ4n) is 1.84. The van der Waals surface area contributed by atoms with Crippen LogP contribution in [0.15, 0.2) is 30.3 Å². The minimum Gasteiger partial charge on any atom is -0.480 e. The summed E-state index contributed by atoms with van der Waals surface area (Å²) in [6.07, 6.45) is 0.897. The van der Waals surface area contributed by atoms with Crippen LogP contribution < -0.4 is 0 Å². The van der Waals surface area contributed by atoms with Crippen LogP contribution in [-0.2, 0) is 16.0 Å². The van der Waals surface area contributed by atoms with Crippen LogP contribution in [0.25, 0.3) is 0 Å². The molecule has 0 atom stereocenters. The molecule has 1 aromatic rings. The van der Waals surface area contributed by atoms with Gasteiger partial charge in [0.2, 0.25) is 0 Å². The molecule has 1 aromatic carbocycles. The third-order valence-corrected chi connectivity index (χ3v) is 2.71. The molecule has 0 radical (unpaired) electrons. The number of hydrogen-bond donors (Lipinski definition) is 1. The summed E-state index contributed by atoms with van der Waals surface area (Å²) in [7, 11) is 0. The maximum absolute atomic E-state index is 12.0. The zero-order valence-electron chi connectivity index (χ0n) is 12.8. The van der Waals surface area contributed by atoms with Crippen molar-refractivity contribution >= 4 is 12.1 Å². The first-order chi connectivity index (χ1) is 9.78. The summed E-state index contributed by atoms with van der Waals surface area (Å²) in [6.45, 7) is 5.29. The largest absolute Gasteiger partial charge is 0.480 e. The fourth-order valence-corrected chi connectivity index (χ4v) is 1.84. The molecule has 0 aliphatic heterocycles. The van der Waals surface area contributed by atoms with Crippen LogP contribution in [0.4, 0.5) is 4.79 Å². The van der Waals surface area contributed by atoms with Gasteiger partial charge in [0.1, 0.15) is 12.1 Å². The van der Waals surface area contributed by atoms with Gasteiger partial charge in [-0.15, -0.1) is 0 Å². The molecule has 116 valence electrons. The van der Waals surface area contributed by atoms with Gasteiger partial charge in [-0.1, -0.05) is 30.3 Å². The summed E-state index contributed by atoms with van der Waals surface area (Å²) in [5.41, 5.74) is 0.532. The first-order valence-electron chi connectivity index (χ1n) is 7.01. The number of benzene rings is 1. The van der Waals surface area contributed by atoms with E-state index in [-0.39, 0.29) is 6.54 Å². The lowest BCUT2D eigenvalue weighted by atomic mass is 10.1. The number of amides is 1. The number of ether oxygens (including phenoxy) is 1. The second-order valence-corrected chi connectivity index (χ2v) is 5.88. The summed E-state index contributed by atoms with van der Waals surface area (Å²) in [4.78, 5) is 24.1. The SMILES string of the molecule is CC(C)(C)OC(=O)N(CCCc1ccccc1)CC(=O)O. The van der Waals surface area contributed by atoms with Gasteiger partial charge in [-0.25, -0.2) is 4.79 Å². The van der Waals surface area contributed by atoms with Crippen LogP contribution in [0.2, 0.25) is 0 Å². The molecule has 0 heterocycles. The minimum atomic E-state index is -1.04. The van der Waals surface area contributed by atoms with Gasteiger partial charge in [-0.05, 0) is 39.2 Å². The maximum Gasteiger partial charge on any atom is 0.410 e. The molecule has 1 N–H and O–H groups in total. The minimum absolute atomic E-state index is 0.344. The van der Waals surface area contributed by atoms with Crippen LogP contribution in [0.1, 0.15) is 32.8 Å². The zero-order valence-corrected chi connectivity index (χ0v) is 12.8. The Hall–Kier alpha value is -2.04. The van der Waals surface area contributed by atoms with Crippen molar-refractivity contribution in [3.05, 3.63) is 35.9 Å². The monoisotopic (exact) mass is 293 g/mol. The Kier molecular flexibility index (Phi) is 6.21. The molecule has 0 saturated carbocycles. The number of aryl methyl sites for hydroxylation is 1. The summed E-state index contributed by atoms with van der Waals surface area (Å²) in [5.74, 6) is -1.04. The molecule has 0 spiro atoms. The molecule has 0 unspecified atom stereocenters. The van der Waals surface area contributed by atoms with Gasteiger partial charge in [0.05, 0.1) is 0 Å². The molecule has 0 fully saturated rings. The summed E-state index contributed by atoms with van der Waals surface area (Å²) in [5, 5.41) is 8.90. The van der Waals surface area contributed by atoms with Gasteiger partial charge >= 0.3 is 12.1 Å². The van der Waals surface area contributed by atoms with Crippen molar-refractivity contribution in [1.29, 1.82) is 0 Å². The number of carboxylic acids is 1. The third-order valence-electron chi connectivity index (χ3n) is 2.71. The van der Waals surface area contributed by atoms with Gasteiger partial charge < -0.3 is 9.84 Å². The Bertz CT molecular complexity index is 465. The van der Waals surface area contributed by atoms with Gasteiger partial charge in [0, 0.05) is 6.54 Å². The zero-order chi connectivity index (χ0) is 15.9. The molecule has 1 amide bonds. The van der Waals surface area contributed by atoms with Crippen LogP contribution in [0.5, 0.6) is 0 Å². The fraction of sp³-hybridized carbons (Fsp3) is 0.500. The van der Waals surface area contributed by atoms with E-state index in [9.17, 15) is 9.59 Å². The molecule has 5 heteroatoms. The first-order valence-corrected chi connectivity index (χ1v) is 7.01. The highest BCUT2D eigenvalue weighted by molar-refractivity contribution is 5.76. The molecule has 21 heavy (non-hydrogen) atoms. The second kappa shape index (κ2) is 7.67. The molecule has 0 aliphatic rings. The van der Waals surface area contributed by atoms with E-state index in [0.717, 1.165) is 12.0 Å². The second-order valence-electron chi connectivity index (χ2n) is 5.88. The number of nitrogens with zero attached hydrogens (tertiary/aromatic N) is 1. The highest BCUT2D eigenvalue weighted by Crippen LogP contribution is 2.11. The Morgan fingerprint density at radius 3 is 2.33 bits per heavy atom. The number of carbonyl (C=O) groups is 2. The van der Waals surface area contributed by atoms with E-state index in [2.05, 4.69) is 0 Å². The van der Waals surface area contributed by atoms with Crippen LogP contribution in [0.3, 0.4) is 0 Å². The highest BCUT2D eigenvalue weighted by Gasteiger charge is 2.23. The third kappa shape index (κ3) is 7.34. The quantitative estimate of drug-likeness (QED) is 0.875. The van der Waals surface area contributed by atoms with Crippen molar-refractivity contribution in [2.24, 2.45) is 0 Å². The summed E-state index contributed by atoms with van der Waals surface area (Å²) >= 11 is 0. The smallest absolute Gasteiger partial charge is 0.410 e. The van der Waals surface area contributed by atoms with Crippen LogP contribution >= 0.6 is 0 Å². The first kappa shape index (κ1) is 17.0. The van der Waals surface area contributed by atoms with Gasteiger partial charge in [0.15, 0.2) is 0 Å². The number of carbonyl (C=O) groups excluding carboxylic acids is 1. The highest BCUT2D eigenvalue weighted by atomic mass is 16.6. The van der Waals surface area contributed by atoms with E-state index in [4.69, 9.17) is 9.84 Å². The number of hydrogen-bond acceptors (Lipinski definition) is 3. The predicted molar refractivity (Wildman–Crippen MR) is 80.2 cm³/mol. The number of carboxylic acid groups (broad SMARTS) is 1. The standard InChI is InChI=1S/C16H23NO4/c1-16(2,3)21-15(20)17(12-14(18)19)11-7-10-13-8-5-4-6-9-13/h4-6,8-9H,7,10-12H2,1-3H3,(H,18,19). The van der Waals surface area contributed by atoms with Crippen molar-refractivity contribution in [2.45, 2.75) is 39.2 Å². The molecule has 0 aromatic heterocycles. The van der Waals surface area contributed by atoms with Crippen molar-refractivity contribution in [3.63, 3.8) is 0 Å². The maximum atomic E-state index is 12.0. The van der Waals surface area contributed by atoms with E-state index in [1.165, 1.54) is 4.90 Å².